The van der Waals surface area contributed by atoms with E-state index in [4.69, 9.17) is 0 Å². The van der Waals surface area contributed by atoms with Crippen LogP contribution in [0.5, 0.6) is 0 Å². The minimum atomic E-state index is 0.541. The summed E-state index contributed by atoms with van der Waals surface area (Å²) in [5, 5.41) is 3.69. The van der Waals surface area contributed by atoms with Crippen LogP contribution in [-0.2, 0) is 0 Å². The van der Waals surface area contributed by atoms with Gasteiger partial charge in [0.15, 0.2) is 0 Å². The molecule has 3 atom stereocenters. The fourth-order valence-electron chi connectivity index (χ4n) is 2.73. The average Bonchev–Trinajstić information content (AvgIpc) is 2.39. The SMILES string of the molecule is CCC(C)C1CN(c2ccc(C)cc2Br)C(C)CN1. The Labute approximate surface area is 125 Å². The van der Waals surface area contributed by atoms with E-state index < -0.39 is 0 Å². The Morgan fingerprint density at radius 2 is 2.21 bits per heavy atom. The van der Waals surface area contributed by atoms with Crippen molar-refractivity contribution in [2.24, 2.45) is 5.92 Å². The lowest BCUT2D eigenvalue weighted by atomic mass is 9.95. The Bertz CT molecular complexity index is 433. The molecule has 2 nitrogen and oxygen atoms in total. The molecule has 1 heterocycles. The van der Waals surface area contributed by atoms with Gasteiger partial charge in [-0.05, 0) is 53.4 Å². The summed E-state index contributed by atoms with van der Waals surface area (Å²) in [5.74, 6) is 0.722. The van der Waals surface area contributed by atoms with Gasteiger partial charge < -0.3 is 10.2 Å². The van der Waals surface area contributed by atoms with Gasteiger partial charge in [-0.15, -0.1) is 0 Å². The Kier molecular flexibility index (Phi) is 4.91. The number of piperazine rings is 1. The first kappa shape index (κ1) is 14.9. The molecule has 1 fully saturated rings. The minimum Gasteiger partial charge on any atom is -0.365 e. The van der Waals surface area contributed by atoms with Crippen molar-refractivity contribution in [2.45, 2.75) is 46.2 Å². The Balaban J connectivity index is 2.21. The van der Waals surface area contributed by atoms with E-state index in [0.29, 0.717) is 12.1 Å². The van der Waals surface area contributed by atoms with Crippen LogP contribution in [0.3, 0.4) is 0 Å². The predicted molar refractivity (Wildman–Crippen MR) is 86.9 cm³/mol. The van der Waals surface area contributed by atoms with Gasteiger partial charge in [0, 0.05) is 29.6 Å². The number of nitrogens with one attached hydrogen (secondary N) is 1. The highest BCUT2D eigenvalue weighted by atomic mass is 79.9. The van der Waals surface area contributed by atoms with E-state index >= 15 is 0 Å². The molecule has 106 valence electrons. The maximum Gasteiger partial charge on any atom is 0.0514 e. The molecule has 2 rings (SSSR count). The minimum absolute atomic E-state index is 0.541. The second-order valence-corrected chi connectivity index (χ2v) is 6.71. The highest BCUT2D eigenvalue weighted by Crippen LogP contribution is 2.30. The molecule has 1 aliphatic rings. The fourth-order valence-corrected chi connectivity index (χ4v) is 3.46. The molecular weight excluding hydrogens is 300 g/mol. The third-order valence-electron chi connectivity index (χ3n) is 4.34. The van der Waals surface area contributed by atoms with Gasteiger partial charge in [0.1, 0.15) is 0 Å². The van der Waals surface area contributed by atoms with Crippen LogP contribution in [0.2, 0.25) is 0 Å². The first-order chi connectivity index (χ1) is 9.02. The number of anilines is 1. The van der Waals surface area contributed by atoms with Crippen molar-refractivity contribution in [2.75, 3.05) is 18.0 Å². The summed E-state index contributed by atoms with van der Waals surface area (Å²) >= 11 is 3.72. The maximum absolute atomic E-state index is 3.72. The number of hydrogen-bond donors (Lipinski definition) is 1. The number of rotatable bonds is 3. The van der Waals surface area contributed by atoms with Gasteiger partial charge in [0.2, 0.25) is 0 Å². The third-order valence-corrected chi connectivity index (χ3v) is 4.98. The molecule has 0 radical (unpaired) electrons. The molecule has 0 saturated carbocycles. The first-order valence-electron chi connectivity index (χ1n) is 7.29. The van der Waals surface area contributed by atoms with Crippen LogP contribution in [0.15, 0.2) is 22.7 Å². The van der Waals surface area contributed by atoms with E-state index in [9.17, 15) is 0 Å². The van der Waals surface area contributed by atoms with Gasteiger partial charge in [-0.2, -0.15) is 0 Å². The van der Waals surface area contributed by atoms with E-state index in [1.165, 1.54) is 22.1 Å². The lowest BCUT2D eigenvalue weighted by Gasteiger charge is -2.42. The van der Waals surface area contributed by atoms with Gasteiger partial charge in [-0.25, -0.2) is 0 Å². The van der Waals surface area contributed by atoms with Crippen molar-refractivity contribution in [3.8, 4) is 0 Å². The van der Waals surface area contributed by atoms with Crippen molar-refractivity contribution in [1.82, 2.24) is 5.32 Å². The van der Waals surface area contributed by atoms with Gasteiger partial charge in [0.05, 0.1) is 5.69 Å². The number of benzene rings is 1. The predicted octanol–water partition coefficient (Wildman–Crippen LogP) is 3.97. The topological polar surface area (TPSA) is 15.3 Å². The van der Waals surface area contributed by atoms with Gasteiger partial charge in [-0.1, -0.05) is 26.3 Å². The van der Waals surface area contributed by atoms with E-state index in [2.05, 4.69) is 72.0 Å². The molecule has 1 aliphatic heterocycles. The van der Waals surface area contributed by atoms with E-state index in [0.717, 1.165) is 19.0 Å². The van der Waals surface area contributed by atoms with Crippen molar-refractivity contribution in [3.63, 3.8) is 0 Å². The largest absolute Gasteiger partial charge is 0.365 e. The van der Waals surface area contributed by atoms with Crippen LogP contribution in [0, 0.1) is 12.8 Å². The summed E-state index contributed by atoms with van der Waals surface area (Å²) in [7, 11) is 0. The molecule has 0 bridgehead atoms. The average molecular weight is 325 g/mol. The lowest BCUT2D eigenvalue weighted by Crippen LogP contribution is -2.57. The van der Waals surface area contributed by atoms with Crippen molar-refractivity contribution in [1.29, 1.82) is 0 Å². The molecule has 0 aromatic heterocycles. The normalized spacial score (nSPS) is 25.4. The highest BCUT2D eigenvalue weighted by molar-refractivity contribution is 9.10. The molecule has 1 aromatic carbocycles. The van der Waals surface area contributed by atoms with Crippen LogP contribution >= 0.6 is 15.9 Å². The van der Waals surface area contributed by atoms with E-state index in [-0.39, 0.29) is 0 Å². The van der Waals surface area contributed by atoms with Crippen LogP contribution in [0.1, 0.15) is 32.8 Å². The van der Waals surface area contributed by atoms with Gasteiger partial charge in [-0.3, -0.25) is 0 Å². The fraction of sp³-hybridized carbons (Fsp3) is 0.625. The maximum atomic E-state index is 3.72. The quantitative estimate of drug-likeness (QED) is 0.905. The number of aryl methyl sites for hydroxylation is 1. The Morgan fingerprint density at radius 1 is 1.47 bits per heavy atom. The van der Waals surface area contributed by atoms with E-state index in [1.807, 2.05) is 0 Å². The van der Waals surface area contributed by atoms with Gasteiger partial charge in [0.25, 0.3) is 0 Å². The van der Waals surface area contributed by atoms with Crippen molar-refractivity contribution >= 4 is 21.6 Å². The Hall–Kier alpha value is -0.540. The van der Waals surface area contributed by atoms with E-state index in [1.54, 1.807) is 0 Å². The number of nitrogens with zero attached hydrogens (tertiary/aromatic N) is 1. The van der Waals surface area contributed by atoms with Crippen molar-refractivity contribution in [3.05, 3.63) is 28.2 Å². The highest BCUT2D eigenvalue weighted by Gasteiger charge is 2.28. The summed E-state index contributed by atoms with van der Waals surface area (Å²) in [5.41, 5.74) is 2.63. The molecular formula is C16H25BrN2. The summed E-state index contributed by atoms with van der Waals surface area (Å²) in [6.45, 7) is 11.2. The zero-order valence-corrected chi connectivity index (χ0v) is 14.0. The molecule has 1 aromatic rings. The summed E-state index contributed by atoms with van der Waals surface area (Å²) in [6.07, 6.45) is 1.23. The molecule has 1 saturated heterocycles. The molecule has 0 amide bonds. The Morgan fingerprint density at radius 3 is 2.84 bits per heavy atom. The van der Waals surface area contributed by atoms with Crippen LogP contribution in [-0.4, -0.2) is 25.2 Å². The zero-order chi connectivity index (χ0) is 14.0. The summed E-state index contributed by atoms with van der Waals surface area (Å²) in [4.78, 5) is 2.54. The molecule has 0 spiro atoms. The van der Waals surface area contributed by atoms with Crippen molar-refractivity contribution < 1.29 is 0 Å². The molecule has 1 N–H and O–H groups in total. The second-order valence-electron chi connectivity index (χ2n) is 5.86. The number of halogens is 1. The lowest BCUT2D eigenvalue weighted by molar-refractivity contribution is 0.315. The van der Waals surface area contributed by atoms with Crippen LogP contribution in [0.25, 0.3) is 0 Å². The molecule has 3 unspecified atom stereocenters. The van der Waals surface area contributed by atoms with Crippen LogP contribution in [0.4, 0.5) is 5.69 Å². The third kappa shape index (κ3) is 3.32. The number of hydrogen-bond acceptors (Lipinski definition) is 2. The molecule has 19 heavy (non-hydrogen) atoms. The summed E-state index contributed by atoms with van der Waals surface area (Å²) in [6, 6.07) is 7.79. The molecule has 3 heteroatoms. The van der Waals surface area contributed by atoms with Crippen LogP contribution < -0.4 is 10.2 Å². The smallest absolute Gasteiger partial charge is 0.0514 e. The zero-order valence-electron chi connectivity index (χ0n) is 12.4. The molecule has 0 aliphatic carbocycles. The van der Waals surface area contributed by atoms with Gasteiger partial charge >= 0.3 is 0 Å². The summed E-state index contributed by atoms with van der Waals surface area (Å²) < 4.78 is 1.21. The first-order valence-corrected chi connectivity index (χ1v) is 8.08. The standard InChI is InChI=1S/C16H25BrN2/c1-5-12(3)15-10-19(13(4)9-18-15)16-7-6-11(2)8-14(16)17/h6-8,12-13,15,18H,5,9-10H2,1-4H3. The monoisotopic (exact) mass is 324 g/mol. The second kappa shape index (κ2) is 6.27.